The van der Waals surface area contributed by atoms with Crippen LogP contribution in [0.15, 0.2) is 42.5 Å². The van der Waals surface area contributed by atoms with Crippen LogP contribution in [0.1, 0.15) is 40.1 Å². The Kier molecular flexibility index (Phi) is 7.52. The lowest BCUT2D eigenvalue weighted by atomic mass is 10.1. The van der Waals surface area contributed by atoms with Crippen LogP contribution >= 0.6 is 0 Å². The van der Waals surface area contributed by atoms with Crippen LogP contribution in [0.5, 0.6) is 5.75 Å². The number of ether oxygens (including phenoxy) is 2. The Morgan fingerprint density at radius 1 is 1.00 bits per heavy atom. The molecule has 0 saturated carbocycles. The lowest BCUT2D eigenvalue weighted by Gasteiger charge is -2.38. The van der Waals surface area contributed by atoms with Crippen molar-refractivity contribution in [3.63, 3.8) is 0 Å². The molecule has 0 bridgehead atoms. The number of piperazine rings is 1. The molecule has 7 nitrogen and oxygen atoms in total. The summed E-state index contributed by atoms with van der Waals surface area (Å²) in [5.74, 6) is -0.201. The Balaban J connectivity index is 1.58. The van der Waals surface area contributed by atoms with Gasteiger partial charge in [-0.05, 0) is 55.8 Å². The Bertz CT molecular complexity index is 904. The highest BCUT2D eigenvalue weighted by molar-refractivity contribution is 5.95. The largest absolute Gasteiger partial charge is 0.496 e. The molecule has 1 amide bonds. The van der Waals surface area contributed by atoms with E-state index in [0.717, 1.165) is 37.4 Å². The fraction of sp³-hybridized carbons (Fsp3) is 0.417. The second-order valence-electron chi connectivity index (χ2n) is 7.87. The average Bonchev–Trinajstić information content (AvgIpc) is 2.82. The Labute approximate surface area is 183 Å². The lowest BCUT2D eigenvalue weighted by Crippen LogP contribution is -2.48. The fourth-order valence-corrected chi connectivity index (χ4v) is 3.74. The Morgan fingerprint density at radius 3 is 2.26 bits per heavy atom. The minimum absolute atomic E-state index is 0.161. The van der Waals surface area contributed by atoms with Crippen LogP contribution in [-0.4, -0.2) is 63.2 Å². The van der Waals surface area contributed by atoms with Crippen LogP contribution in [-0.2, 0) is 11.3 Å². The highest BCUT2D eigenvalue weighted by Crippen LogP contribution is 2.21. The molecule has 31 heavy (non-hydrogen) atoms. The fourth-order valence-electron chi connectivity index (χ4n) is 3.74. The normalized spacial score (nSPS) is 14.4. The van der Waals surface area contributed by atoms with Gasteiger partial charge in [-0.15, -0.1) is 0 Å². The molecule has 0 atom stereocenters. The monoisotopic (exact) mass is 425 g/mol. The number of rotatable bonds is 7. The molecule has 0 radical (unpaired) electrons. The standard InChI is InChI=1S/C24H31N3O4/c1-17(2)26-11-13-27(14-12-26)20-8-6-19(7-9-20)23(28)25-16-18-5-10-22(30-3)21(15-18)24(29)31-4/h5-10,15,17H,11-14,16H2,1-4H3,(H,25,28). The summed E-state index contributed by atoms with van der Waals surface area (Å²) in [7, 11) is 2.82. The van der Waals surface area contributed by atoms with Crippen molar-refractivity contribution in [3.05, 3.63) is 59.2 Å². The summed E-state index contributed by atoms with van der Waals surface area (Å²) in [4.78, 5) is 29.3. The van der Waals surface area contributed by atoms with Crippen molar-refractivity contribution in [3.8, 4) is 5.75 Å². The zero-order valence-electron chi connectivity index (χ0n) is 18.7. The van der Waals surface area contributed by atoms with Gasteiger partial charge in [-0.1, -0.05) is 6.07 Å². The number of esters is 1. The van der Waals surface area contributed by atoms with E-state index in [1.807, 2.05) is 30.3 Å². The van der Waals surface area contributed by atoms with Gasteiger partial charge in [0.15, 0.2) is 0 Å². The van der Waals surface area contributed by atoms with Crippen molar-refractivity contribution in [2.45, 2.75) is 26.4 Å². The molecule has 3 rings (SSSR count). The molecule has 1 fully saturated rings. The average molecular weight is 426 g/mol. The molecular weight excluding hydrogens is 394 g/mol. The summed E-state index contributed by atoms with van der Waals surface area (Å²) in [6.45, 7) is 8.83. The van der Waals surface area contributed by atoms with E-state index in [1.165, 1.54) is 14.2 Å². The molecule has 0 aliphatic carbocycles. The molecule has 0 aromatic heterocycles. The van der Waals surface area contributed by atoms with Gasteiger partial charge in [0.05, 0.1) is 14.2 Å². The quantitative estimate of drug-likeness (QED) is 0.688. The van der Waals surface area contributed by atoms with Gasteiger partial charge in [0.1, 0.15) is 11.3 Å². The summed E-state index contributed by atoms with van der Waals surface area (Å²) in [6.07, 6.45) is 0. The number of carbonyl (C=O) groups excluding carboxylic acids is 2. The van der Waals surface area contributed by atoms with Crippen LogP contribution in [0.3, 0.4) is 0 Å². The molecule has 1 saturated heterocycles. The van der Waals surface area contributed by atoms with Crippen LogP contribution in [0.2, 0.25) is 0 Å². The molecule has 0 spiro atoms. The Morgan fingerprint density at radius 2 is 1.68 bits per heavy atom. The van der Waals surface area contributed by atoms with Crippen molar-refractivity contribution >= 4 is 17.6 Å². The summed E-state index contributed by atoms with van der Waals surface area (Å²) < 4.78 is 10.00. The molecule has 166 valence electrons. The van der Waals surface area contributed by atoms with Crippen molar-refractivity contribution < 1.29 is 19.1 Å². The van der Waals surface area contributed by atoms with E-state index in [1.54, 1.807) is 12.1 Å². The minimum Gasteiger partial charge on any atom is -0.496 e. The highest BCUT2D eigenvalue weighted by Gasteiger charge is 2.19. The van der Waals surface area contributed by atoms with Crippen molar-refractivity contribution in [2.24, 2.45) is 0 Å². The van der Waals surface area contributed by atoms with Gasteiger partial charge in [-0.3, -0.25) is 9.69 Å². The number of anilines is 1. The second kappa shape index (κ2) is 10.3. The molecule has 1 N–H and O–H groups in total. The van der Waals surface area contributed by atoms with Crippen LogP contribution in [0.25, 0.3) is 0 Å². The van der Waals surface area contributed by atoms with Gasteiger partial charge < -0.3 is 19.7 Å². The number of methoxy groups -OCH3 is 2. The summed E-state index contributed by atoms with van der Waals surface area (Å²) in [5.41, 5.74) is 2.86. The number of hydrogen-bond donors (Lipinski definition) is 1. The summed E-state index contributed by atoms with van der Waals surface area (Å²) in [6, 6.07) is 13.5. The SMILES string of the molecule is COC(=O)c1cc(CNC(=O)c2ccc(N3CCN(C(C)C)CC3)cc2)ccc1OC. The van der Waals surface area contributed by atoms with Gasteiger partial charge >= 0.3 is 5.97 Å². The summed E-state index contributed by atoms with van der Waals surface area (Å²) in [5, 5.41) is 2.90. The second-order valence-corrected chi connectivity index (χ2v) is 7.87. The Hall–Kier alpha value is -3.06. The topological polar surface area (TPSA) is 71.1 Å². The number of carbonyl (C=O) groups is 2. The minimum atomic E-state index is -0.477. The van der Waals surface area contributed by atoms with Gasteiger partial charge in [0.25, 0.3) is 5.91 Å². The predicted molar refractivity (Wildman–Crippen MR) is 121 cm³/mol. The van der Waals surface area contributed by atoms with Gasteiger partial charge in [-0.2, -0.15) is 0 Å². The first-order valence-corrected chi connectivity index (χ1v) is 10.6. The van der Waals surface area contributed by atoms with Crippen molar-refractivity contribution in [1.82, 2.24) is 10.2 Å². The van der Waals surface area contributed by atoms with Crippen LogP contribution in [0.4, 0.5) is 5.69 Å². The zero-order valence-corrected chi connectivity index (χ0v) is 18.7. The third-order valence-corrected chi connectivity index (χ3v) is 5.66. The van der Waals surface area contributed by atoms with E-state index < -0.39 is 5.97 Å². The maximum atomic E-state index is 12.6. The first kappa shape index (κ1) is 22.6. The molecule has 1 aliphatic heterocycles. The third kappa shape index (κ3) is 5.55. The lowest BCUT2D eigenvalue weighted by molar-refractivity contribution is 0.0597. The first-order chi connectivity index (χ1) is 14.9. The molecule has 0 unspecified atom stereocenters. The maximum absolute atomic E-state index is 12.6. The first-order valence-electron chi connectivity index (χ1n) is 10.6. The highest BCUT2D eigenvalue weighted by atomic mass is 16.5. The van der Waals surface area contributed by atoms with Gasteiger partial charge in [0.2, 0.25) is 0 Å². The van der Waals surface area contributed by atoms with E-state index in [4.69, 9.17) is 9.47 Å². The molecule has 2 aromatic carbocycles. The summed E-state index contributed by atoms with van der Waals surface area (Å²) >= 11 is 0. The van der Waals surface area contributed by atoms with Gasteiger partial charge in [0, 0.05) is 50.0 Å². The van der Waals surface area contributed by atoms with E-state index >= 15 is 0 Å². The van der Waals surface area contributed by atoms with E-state index in [2.05, 4.69) is 29.0 Å². The molecular formula is C24H31N3O4. The van der Waals surface area contributed by atoms with Crippen molar-refractivity contribution in [2.75, 3.05) is 45.3 Å². The maximum Gasteiger partial charge on any atom is 0.341 e. The number of nitrogens with zero attached hydrogens (tertiary/aromatic N) is 2. The van der Waals surface area contributed by atoms with Crippen molar-refractivity contribution in [1.29, 1.82) is 0 Å². The molecule has 1 heterocycles. The molecule has 2 aromatic rings. The van der Waals surface area contributed by atoms with E-state index in [9.17, 15) is 9.59 Å². The van der Waals surface area contributed by atoms with E-state index in [-0.39, 0.29) is 5.91 Å². The van der Waals surface area contributed by atoms with Crippen LogP contribution < -0.4 is 15.0 Å². The number of nitrogens with one attached hydrogen (secondary N) is 1. The number of amides is 1. The number of benzene rings is 2. The third-order valence-electron chi connectivity index (χ3n) is 5.66. The van der Waals surface area contributed by atoms with Crippen LogP contribution in [0, 0.1) is 0 Å². The zero-order chi connectivity index (χ0) is 22.4. The molecule has 7 heteroatoms. The smallest absolute Gasteiger partial charge is 0.341 e. The predicted octanol–water partition coefficient (Wildman–Crippen LogP) is 2.94. The van der Waals surface area contributed by atoms with Gasteiger partial charge in [-0.25, -0.2) is 4.79 Å². The molecule has 1 aliphatic rings. The number of hydrogen-bond acceptors (Lipinski definition) is 6. The van der Waals surface area contributed by atoms with E-state index in [0.29, 0.717) is 29.5 Å².